The Morgan fingerprint density at radius 2 is 1.71 bits per heavy atom. The molecular weight excluding hydrogens is 352 g/mol. The van der Waals surface area contributed by atoms with E-state index in [0.29, 0.717) is 24.5 Å². The van der Waals surface area contributed by atoms with Gasteiger partial charge in [0.2, 0.25) is 5.91 Å². The molecule has 0 N–H and O–H groups in total. The molecule has 0 bridgehead atoms. The molecule has 0 atom stereocenters. The van der Waals surface area contributed by atoms with Gasteiger partial charge in [-0.3, -0.25) is 4.79 Å². The van der Waals surface area contributed by atoms with Gasteiger partial charge in [0.1, 0.15) is 0 Å². The minimum absolute atomic E-state index is 0.0840. The Hall–Kier alpha value is -2.69. The van der Waals surface area contributed by atoms with Gasteiger partial charge >= 0.3 is 0 Å². The summed E-state index contributed by atoms with van der Waals surface area (Å²) in [4.78, 5) is 17.1. The summed E-state index contributed by atoms with van der Waals surface area (Å²) in [6.07, 6.45) is 4.12. The number of carbonyl (C=O) groups excluding carboxylic acids is 1. The summed E-state index contributed by atoms with van der Waals surface area (Å²) in [7, 11) is 5.08. The van der Waals surface area contributed by atoms with Crippen LogP contribution in [0.15, 0.2) is 42.5 Å². The number of benzene rings is 2. The molecule has 1 heterocycles. The van der Waals surface area contributed by atoms with Crippen LogP contribution in [0, 0.1) is 0 Å². The lowest BCUT2D eigenvalue weighted by atomic mass is 10.1. The van der Waals surface area contributed by atoms with Gasteiger partial charge in [-0.2, -0.15) is 0 Å². The molecule has 1 saturated heterocycles. The van der Waals surface area contributed by atoms with Gasteiger partial charge in [0, 0.05) is 32.4 Å². The van der Waals surface area contributed by atoms with Gasteiger partial charge in [-0.25, -0.2) is 0 Å². The number of amides is 1. The molecule has 28 heavy (non-hydrogen) atoms. The number of hydrogen-bond acceptors (Lipinski definition) is 4. The molecule has 2 aromatic rings. The maximum absolute atomic E-state index is 12.8. The average molecular weight is 383 g/mol. The Morgan fingerprint density at radius 3 is 2.43 bits per heavy atom. The van der Waals surface area contributed by atoms with Crippen molar-refractivity contribution < 1.29 is 14.3 Å². The minimum atomic E-state index is 0.0840. The summed E-state index contributed by atoms with van der Waals surface area (Å²) in [6, 6.07) is 14.1. The van der Waals surface area contributed by atoms with Crippen molar-refractivity contribution in [1.82, 2.24) is 4.90 Å². The van der Waals surface area contributed by atoms with Crippen molar-refractivity contribution in [3.05, 3.63) is 53.6 Å². The van der Waals surface area contributed by atoms with Crippen molar-refractivity contribution in [3.8, 4) is 11.5 Å². The van der Waals surface area contributed by atoms with E-state index in [-0.39, 0.29) is 5.91 Å². The number of rotatable bonds is 7. The third-order valence-electron chi connectivity index (χ3n) is 5.32. The molecule has 0 unspecified atom stereocenters. The summed E-state index contributed by atoms with van der Waals surface area (Å²) >= 11 is 0. The third-order valence-corrected chi connectivity index (χ3v) is 5.32. The van der Waals surface area contributed by atoms with Crippen LogP contribution in [0.25, 0.3) is 0 Å². The molecule has 3 rings (SSSR count). The fourth-order valence-electron chi connectivity index (χ4n) is 3.73. The number of nitrogens with zero attached hydrogens (tertiary/aromatic N) is 2. The second-order valence-electron chi connectivity index (χ2n) is 7.29. The number of likely N-dealkylation sites (N-methyl/N-ethyl adjacent to an activating group) is 1. The van der Waals surface area contributed by atoms with E-state index in [4.69, 9.17) is 9.47 Å². The quantitative estimate of drug-likeness (QED) is 0.728. The van der Waals surface area contributed by atoms with Crippen LogP contribution in [0.3, 0.4) is 0 Å². The molecule has 150 valence electrons. The number of hydrogen-bond donors (Lipinski definition) is 0. The average Bonchev–Trinajstić information content (AvgIpc) is 2.74. The zero-order valence-electron chi connectivity index (χ0n) is 17.1. The SMILES string of the molecule is COc1ccc(CC(=O)N(C)Cc2ccccc2N2CCCCC2)cc1OC. The highest BCUT2D eigenvalue weighted by Crippen LogP contribution is 2.28. The Morgan fingerprint density at radius 1 is 1.00 bits per heavy atom. The van der Waals surface area contributed by atoms with Crippen molar-refractivity contribution in [2.24, 2.45) is 0 Å². The summed E-state index contributed by atoms with van der Waals surface area (Å²) < 4.78 is 10.6. The van der Waals surface area contributed by atoms with Crippen LogP contribution in [0.4, 0.5) is 5.69 Å². The van der Waals surface area contributed by atoms with Gasteiger partial charge in [-0.1, -0.05) is 24.3 Å². The van der Waals surface area contributed by atoms with Crippen LogP contribution in [0.1, 0.15) is 30.4 Å². The van der Waals surface area contributed by atoms with E-state index in [1.807, 2.05) is 25.2 Å². The Labute approximate surface area is 167 Å². The molecule has 1 aliphatic heterocycles. The van der Waals surface area contributed by atoms with Crippen molar-refractivity contribution in [1.29, 1.82) is 0 Å². The molecule has 0 aromatic heterocycles. The number of carbonyl (C=O) groups is 1. The largest absolute Gasteiger partial charge is 0.493 e. The molecule has 0 aliphatic carbocycles. The van der Waals surface area contributed by atoms with Crippen molar-refractivity contribution in [2.75, 3.05) is 39.3 Å². The molecule has 2 aromatic carbocycles. The second-order valence-corrected chi connectivity index (χ2v) is 7.29. The first-order valence-electron chi connectivity index (χ1n) is 9.90. The smallest absolute Gasteiger partial charge is 0.227 e. The highest BCUT2D eigenvalue weighted by molar-refractivity contribution is 5.79. The first-order valence-corrected chi connectivity index (χ1v) is 9.90. The van der Waals surface area contributed by atoms with E-state index >= 15 is 0 Å². The standard InChI is InChI=1S/C23H30N2O3/c1-24(23(26)16-18-11-12-21(27-2)22(15-18)28-3)17-19-9-5-6-10-20(19)25-13-7-4-8-14-25/h5-6,9-12,15H,4,7-8,13-14,16-17H2,1-3H3. The first-order chi connectivity index (χ1) is 13.6. The van der Waals surface area contributed by atoms with Crippen molar-refractivity contribution in [3.63, 3.8) is 0 Å². The lowest BCUT2D eigenvalue weighted by Gasteiger charge is -2.31. The maximum atomic E-state index is 12.8. The number of ether oxygens (including phenoxy) is 2. The zero-order valence-corrected chi connectivity index (χ0v) is 17.1. The van der Waals surface area contributed by atoms with Gasteiger partial charge in [0.25, 0.3) is 0 Å². The van der Waals surface area contributed by atoms with Crippen molar-refractivity contribution >= 4 is 11.6 Å². The monoisotopic (exact) mass is 382 g/mol. The Balaban J connectivity index is 1.68. The third kappa shape index (κ3) is 4.77. The fourth-order valence-corrected chi connectivity index (χ4v) is 3.73. The summed E-state index contributed by atoms with van der Waals surface area (Å²) in [5.41, 5.74) is 3.37. The van der Waals surface area contributed by atoms with E-state index in [9.17, 15) is 4.79 Å². The van der Waals surface area contributed by atoms with E-state index in [1.165, 1.54) is 30.5 Å². The number of piperidine rings is 1. The van der Waals surface area contributed by atoms with Gasteiger partial charge in [0.15, 0.2) is 11.5 Å². The fraction of sp³-hybridized carbons (Fsp3) is 0.435. The molecule has 0 saturated carbocycles. The Bertz CT molecular complexity index is 800. The van der Waals surface area contributed by atoms with E-state index in [0.717, 1.165) is 18.7 Å². The molecule has 5 nitrogen and oxygen atoms in total. The van der Waals surface area contributed by atoms with E-state index in [1.54, 1.807) is 19.1 Å². The van der Waals surface area contributed by atoms with Gasteiger partial charge in [0.05, 0.1) is 20.6 Å². The van der Waals surface area contributed by atoms with Gasteiger partial charge in [-0.15, -0.1) is 0 Å². The van der Waals surface area contributed by atoms with E-state index < -0.39 is 0 Å². The van der Waals surface area contributed by atoms with E-state index in [2.05, 4.69) is 29.2 Å². The molecule has 0 spiro atoms. The van der Waals surface area contributed by atoms with Crippen LogP contribution in [-0.2, 0) is 17.8 Å². The van der Waals surface area contributed by atoms with Crippen LogP contribution in [-0.4, -0.2) is 45.2 Å². The number of para-hydroxylation sites is 1. The molecule has 5 heteroatoms. The van der Waals surface area contributed by atoms with Crippen molar-refractivity contribution in [2.45, 2.75) is 32.2 Å². The highest BCUT2D eigenvalue weighted by atomic mass is 16.5. The van der Waals surface area contributed by atoms with Gasteiger partial charge in [-0.05, 0) is 48.6 Å². The molecule has 1 amide bonds. The number of methoxy groups -OCH3 is 2. The van der Waals surface area contributed by atoms with Gasteiger partial charge < -0.3 is 19.3 Å². The number of anilines is 1. The highest BCUT2D eigenvalue weighted by Gasteiger charge is 2.17. The predicted octanol–water partition coefficient (Wildman–Crippen LogP) is 3.90. The zero-order chi connectivity index (χ0) is 19.9. The minimum Gasteiger partial charge on any atom is -0.493 e. The normalized spacial score (nSPS) is 13.9. The molecule has 0 radical (unpaired) electrons. The Kier molecular flexibility index (Phi) is 6.80. The maximum Gasteiger partial charge on any atom is 0.227 e. The summed E-state index contributed by atoms with van der Waals surface area (Å²) in [5, 5.41) is 0. The molecular formula is C23H30N2O3. The molecule has 1 aliphatic rings. The topological polar surface area (TPSA) is 42.0 Å². The summed E-state index contributed by atoms with van der Waals surface area (Å²) in [6.45, 7) is 2.80. The van der Waals surface area contributed by atoms with Crippen LogP contribution >= 0.6 is 0 Å². The predicted molar refractivity (Wildman–Crippen MR) is 112 cm³/mol. The van der Waals surface area contributed by atoms with Crippen LogP contribution < -0.4 is 14.4 Å². The molecule has 1 fully saturated rings. The summed E-state index contributed by atoms with van der Waals surface area (Å²) in [5.74, 6) is 1.40. The lowest BCUT2D eigenvalue weighted by molar-refractivity contribution is -0.129. The lowest BCUT2D eigenvalue weighted by Crippen LogP contribution is -2.32. The van der Waals surface area contributed by atoms with Crippen LogP contribution in [0.5, 0.6) is 11.5 Å². The van der Waals surface area contributed by atoms with Crippen LogP contribution in [0.2, 0.25) is 0 Å². The second kappa shape index (κ2) is 9.49. The first kappa shape index (κ1) is 20.1.